The van der Waals surface area contributed by atoms with Crippen LogP contribution in [0.25, 0.3) is 22.6 Å². The van der Waals surface area contributed by atoms with Gasteiger partial charge in [-0.3, -0.25) is 19.4 Å². The summed E-state index contributed by atoms with van der Waals surface area (Å²) in [6.45, 7) is 3.12. The van der Waals surface area contributed by atoms with Gasteiger partial charge in [0.05, 0.1) is 6.42 Å². The molecule has 1 atom stereocenters. The number of nitrogens with one attached hydrogen (secondary N) is 2. The Balaban J connectivity index is 1.42. The third kappa shape index (κ3) is 5.67. The van der Waals surface area contributed by atoms with Crippen LogP contribution < -0.4 is 10.9 Å². The van der Waals surface area contributed by atoms with Crippen LogP contribution in [-0.2, 0) is 20.7 Å². The zero-order valence-electron chi connectivity index (χ0n) is 19.3. The summed E-state index contributed by atoms with van der Waals surface area (Å²) in [6.07, 6.45) is 0.224. The zero-order valence-corrected chi connectivity index (χ0v) is 19.3. The van der Waals surface area contributed by atoms with Crippen molar-refractivity contribution >= 4 is 17.6 Å². The van der Waals surface area contributed by atoms with Crippen molar-refractivity contribution in [1.29, 1.82) is 0 Å². The lowest BCUT2D eigenvalue weighted by Gasteiger charge is -2.16. The minimum Gasteiger partial charge on any atom is -0.452 e. The number of carbonyl (C=O) groups is 2. The van der Waals surface area contributed by atoms with Gasteiger partial charge < -0.3 is 15.0 Å². The fourth-order valence-electron chi connectivity index (χ4n) is 3.58. The van der Waals surface area contributed by atoms with E-state index in [-0.39, 0.29) is 12.0 Å². The molecule has 35 heavy (non-hydrogen) atoms. The Hall–Kier alpha value is -4.59. The normalized spacial score (nSPS) is 11.5. The van der Waals surface area contributed by atoms with Crippen molar-refractivity contribution in [3.8, 4) is 22.6 Å². The number of anilines is 1. The first-order valence-corrected chi connectivity index (χ1v) is 11.1. The molecule has 0 fully saturated rings. The SMILES string of the molecule is Cc1nc(-c2ccccn2)[nH]c(=O)c1CC(=O)OC(C)C(=O)Nc1ccccc1-c1ccccc1. The number of aryl methyl sites for hydroxylation is 1. The Morgan fingerprint density at radius 3 is 2.43 bits per heavy atom. The summed E-state index contributed by atoms with van der Waals surface area (Å²) in [5, 5.41) is 2.82. The number of aromatic amines is 1. The number of para-hydroxylation sites is 1. The Bertz CT molecular complexity index is 1400. The molecule has 0 aliphatic heterocycles. The maximum atomic E-state index is 12.7. The van der Waals surface area contributed by atoms with Gasteiger partial charge in [0.1, 0.15) is 5.69 Å². The van der Waals surface area contributed by atoms with E-state index in [1.807, 2.05) is 48.5 Å². The van der Waals surface area contributed by atoms with Crippen molar-refractivity contribution in [2.45, 2.75) is 26.4 Å². The van der Waals surface area contributed by atoms with E-state index in [9.17, 15) is 14.4 Å². The molecule has 8 nitrogen and oxygen atoms in total. The van der Waals surface area contributed by atoms with E-state index in [0.717, 1.165) is 11.1 Å². The van der Waals surface area contributed by atoms with Crippen LogP contribution in [0.5, 0.6) is 0 Å². The number of benzene rings is 2. The van der Waals surface area contributed by atoms with E-state index < -0.39 is 23.5 Å². The van der Waals surface area contributed by atoms with Crippen molar-refractivity contribution in [3.05, 3.63) is 101 Å². The minimum atomic E-state index is -1.06. The largest absolute Gasteiger partial charge is 0.452 e. The van der Waals surface area contributed by atoms with Crippen LogP contribution in [0.1, 0.15) is 18.2 Å². The van der Waals surface area contributed by atoms with Gasteiger partial charge in [0, 0.05) is 28.7 Å². The second kappa shape index (κ2) is 10.6. The van der Waals surface area contributed by atoms with Crippen LogP contribution in [0.3, 0.4) is 0 Å². The van der Waals surface area contributed by atoms with Gasteiger partial charge in [0.25, 0.3) is 11.5 Å². The van der Waals surface area contributed by atoms with Crippen molar-refractivity contribution in [2.24, 2.45) is 0 Å². The smallest absolute Gasteiger partial charge is 0.311 e. The molecule has 8 heteroatoms. The number of amides is 1. The van der Waals surface area contributed by atoms with Gasteiger partial charge in [-0.15, -0.1) is 0 Å². The van der Waals surface area contributed by atoms with E-state index in [4.69, 9.17) is 4.74 Å². The number of hydrogen-bond donors (Lipinski definition) is 2. The molecule has 0 radical (unpaired) electrons. The van der Waals surface area contributed by atoms with Crippen molar-refractivity contribution < 1.29 is 14.3 Å². The molecule has 0 spiro atoms. The third-order valence-corrected chi connectivity index (χ3v) is 5.40. The highest BCUT2D eigenvalue weighted by atomic mass is 16.5. The summed E-state index contributed by atoms with van der Waals surface area (Å²) in [5.74, 6) is -0.865. The Morgan fingerprint density at radius 2 is 1.71 bits per heavy atom. The van der Waals surface area contributed by atoms with Gasteiger partial charge in [-0.25, -0.2) is 4.98 Å². The summed E-state index contributed by atoms with van der Waals surface area (Å²) in [7, 11) is 0. The Kier molecular flexibility index (Phi) is 7.11. The predicted molar refractivity (Wildman–Crippen MR) is 133 cm³/mol. The molecule has 0 bridgehead atoms. The predicted octanol–water partition coefficient (Wildman–Crippen LogP) is 3.92. The second-order valence-electron chi connectivity index (χ2n) is 7.90. The van der Waals surface area contributed by atoms with Gasteiger partial charge in [-0.1, -0.05) is 54.6 Å². The molecule has 4 rings (SSSR count). The molecule has 2 heterocycles. The Labute approximate surface area is 202 Å². The Morgan fingerprint density at radius 1 is 1.00 bits per heavy atom. The number of esters is 1. The molecule has 0 saturated heterocycles. The first-order chi connectivity index (χ1) is 16.9. The van der Waals surface area contributed by atoms with Crippen LogP contribution in [0.4, 0.5) is 5.69 Å². The second-order valence-corrected chi connectivity index (χ2v) is 7.90. The average Bonchev–Trinajstić information content (AvgIpc) is 2.87. The van der Waals surface area contributed by atoms with Crippen molar-refractivity contribution in [1.82, 2.24) is 15.0 Å². The quantitative estimate of drug-likeness (QED) is 0.398. The molecule has 2 aromatic heterocycles. The average molecular weight is 469 g/mol. The van der Waals surface area contributed by atoms with Crippen LogP contribution in [0.2, 0.25) is 0 Å². The number of aromatic nitrogens is 3. The molecule has 2 aromatic carbocycles. The molecule has 1 amide bonds. The number of nitrogens with zero attached hydrogens (tertiary/aromatic N) is 2. The lowest BCUT2D eigenvalue weighted by molar-refractivity contribution is -0.152. The molecular weight excluding hydrogens is 444 g/mol. The number of hydrogen-bond acceptors (Lipinski definition) is 6. The summed E-state index contributed by atoms with van der Waals surface area (Å²) in [4.78, 5) is 49.1. The van der Waals surface area contributed by atoms with Crippen LogP contribution in [0.15, 0.2) is 83.8 Å². The van der Waals surface area contributed by atoms with Crippen LogP contribution >= 0.6 is 0 Å². The summed E-state index contributed by atoms with van der Waals surface area (Å²) in [5.41, 5.74) is 3.03. The molecule has 1 unspecified atom stereocenters. The summed E-state index contributed by atoms with van der Waals surface area (Å²) in [6, 6.07) is 22.3. The standard InChI is InChI=1S/C27H24N4O4/c1-17-21(27(34)31-25(29-17)23-14-8-9-15-28-23)16-24(32)35-18(2)26(33)30-22-13-7-6-12-20(22)19-10-4-3-5-11-19/h3-15,18H,16H2,1-2H3,(H,30,33)(H,29,31,34). The highest BCUT2D eigenvalue weighted by molar-refractivity contribution is 5.98. The highest BCUT2D eigenvalue weighted by Gasteiger charge is 2.21. The van der Waals surface area contributed by atoms with Gasteiger partial charge in [-0.2, -0.15) is 0 Å². The fourth-order valence-corrected chi connectivity index (χ4v) is 3.58. The molecule has 0 aliphatic rings. The third-order valence-electron chi connectivity index (χ3n) is 5.40. The number of rotatable bonds is 7. The van der Waals surface area contributed by atoms with E-state index >= 15 is 0 Å². The van der Waals surface area contributed by atoms with Crippen molar-refractivity contribution in [2.75, 3.05) is 5.32 Å². The molecule has 0 saturated carbocycles. The molecule has 0 aliphatic carbocycles. The van der Waals surface area contributed by atoms with Crippen molar-refractivity contribution in [3.63, 3.8) is 0 Å². The van der Waals surface area contributed by atoms with Gasteiger partial charge >= 0.3 is 5.97 Å². The van der Waals surface area contributed by atoms with Gasteiger partial charge in [0.15, 0.2) is 11.9 Å². The molecule has 176 valence electrons. The highest BCUT2D eigenvalue weighted by Crippen LogP contribution is 2.27. The molecule has 2 N–H and O–H groups in total. The monoisotopic (exact) mass is 468 g/mol. The lowest BCUT2D eigenvalue weighted by atomic mass is 10.0. The maximum Gasteiger partial charge on any atom is 0.311 e. The topological polar surface area (TPSA) is 114 Å². The zero-order chi connectivity index (χ0) is 24.8. The first-order valence-electron chi connectivity index (χ1n) is 11.1. The first kappa shape index (κ1) is 23.6. The maximum absolute atomic E-state index is 12.7. The van der Waals surface area contributed by atoms with Crippen LogP contribution in [0, 0.1) is 6.92 Å². The molecule has 4 aromatic rings. The number of H-pyrrole nitrogens is 1. The molecular formula is C27H24N4O4. The van der Waals surface area contributed by atoms with E-state index in [0.29, 0.717) is 22.9 Å². The summed E-state index contributed by atoms with van der Waals surface area (Å²) >= 11 is 0. The number of pyridine rings is 1. The van der Waals surface area contributed by atoms with Crippen LogP contribution in [-0.4, -0.2) is 32.9 Å². The lowest BCUT2D eigenvalue weighted by Crippen LogP contribution is -2.31. The number of carbonyl (C=O) groups excluding carboxylic acids is 2. The minimum absolute atomic E-state index is 0.178. The van der Waals surface area contributed by atoms with E-state index in [1.165, 1.54) is 6.92 Å². The number of ether oxygens (including phenoxy) is 1. The van der Waals surface area contributed by atoms with Gasteiger partial charge in [0.2, 0.25) is 0 Å². The summed E-state index contributed by atoms with van der Waals surface area (Å²) < 4.78 is 5.31. The van der Waals surface area contributed by atoms with E-state index in [2.05, 4.69) is 20.3 Å². The van der Waals surface area contributed by atoms with Gasteiger partial charge in [-0.05, 0) is 37.6 Å². The van der Waals surface area contributed by atoms with E-state index in [1.54, 1.807) is 37.4 Å². The fraction of sp³-hybridized carbons (Fsp3) is 0.148.